The number of pyridine rings is 2. The lowest BCUT2D eigenvalue weighted by Crippen LogP contribution is -2.23. The molecule has 0 aliphatic heterocycles. The van der Waals surface area contributed by atoms with E-state index in [4.69, 9.17) is 4.98 Å². The number of hydrogen-bond acceptors (Lipinski definition) is 2. The van der Waals surface area contributed by atoms with Crippen molar-refractivity contribution < 1.29 is 0 Å². The van der Waals surface area contributed by atoms with Gasteiger partial charge in [0.05, 0.1) is 5.69 Å². The highest BCUT2D eigenvalue weighted by Gasteiger charge is 2.85. The highest BCUT2D eigenvalue weighted by molar-refractivity contribution is 5.75. The Bertz CT molecular complexity index is 835. The zero-order chi connectivity index (χ0) is 16.7. The Morgan fingerprint density at radius 2 is 1.58 bits per heavy atom. The average molecular weight is 316 g/mol. The van der Waals surface area contributed by atoms with Gasteiger partial charge in [-0.05, 0) is 58.4 Å². The van der Waals surface area contributed by atoms with Crippen LogP contribution in [0.25, 0.3) is 5.57 Å². The summed E-state index contributed by atoms with van der Waals surface area (Å²) in [7, 11) is 0. The third-order valence-electron chi connectivity index (χ3n) is 7.30. The highest BCUT2D eigenvalue weighted by Crippen LogP contribution is 2.87. The molecule has 3 aliphatic carbocycles. The van der Waals surface area contributed by atoms with Gasteiger partial charge in [-0.3, -0.25) is 9.97 Å². The van der Waals surface area contributed by atoms with Crippen LogP contribution in [0.3, 0.4) is 0 Å². The average Bonchev–Trinajstić information content (AvgIpc) is 3.36. The molecule has 0 saturated heterocycles. The van der Waals surface area contributed by atoms with E-state index in [1.165, 1.54) is 11.3 Å². The van der Waals surface area contributed by atoms with Crippen molar-refractivity contribution in [1.29, 1.82) is 0 Å². The zero-order valence-electron chi connectivity index (χ0n) is 14.8. The van der Waals surface area contributed by atoms with Crippen LogP contribution in [0.1, 0.15) is 39.1 Å². The van der Waals surface area contributed by atoms with Gasteiger partial charge in [0.15, 0.2) is 0 Å². The summed E-state index contributed by atoms with van der Waals surface area (Å²) in [6, 6.07) is 12.7. The normalized spacial score (nSPS) is 37.0. The summed E-state index contributed by atoms with van der Waals surface area (Å²) in [5.74, 6) is 1.80. The molecule has 3 aliphatic rings. The minimum Gasteiger partial charge on any atom is -0.261 e. The molecule has 2 saturated carbocycles. The number of rotatable bonds is 2. The largest absolute Gasteiger partial charge is 0.261 e. The number of hydrogen-bond donors (Lipinski definition) is 0. The van der Waals surface area contributed by atoms with Gasteiger partial charge < -0.3 is 0 Å². The molecule has 0 N–H and O–H groups in total. The van der Waals surface area contributed by atoms with Crippen molar-refractivity contribution >= 4 is 5.57 Å². The van der Waals surface area contributed by atoms with Crippen LogP contribution >= 0.6 is 0 Å². The van der Waals surface area contributed by atoms with Crippen LogP contribution in [-0.4, -0.2) is 9.97 Å². The van der Waals surface area contributed by atoms with Gasteiger partial charge in [-0.25, -0.2) is 0 Å². The molecule has 0 bridgehead atoms. The van der Waals surface area contributed by atoms with Gasteiger partial charge in [0.2, 0.25) is 0 Å². The van der Waals surface area contributed by atoms with Crippen molar-refractivity contribution in [3.63, 3.8) is 0 Å². The van der Waals surface area contributed by atoms with Gasteiger partial charge in [-0.2, -0.15) is 0 Å². The highest BCUT2D eigenvalue weighted by atomic mass is 14.9. The summed E-state index contributed by atoms with van der Waals surface area (Å²) in [6.45, 7) is 9.71. The van der Waals surface area contributed by atoms with Gasteiger partial charge in [-0.1, -0.05) is 45.9 Å². The number of nitrogens with zero attached hydrogens (tertiary/aromatic N) is 2. The van der Waals surface area contributed by atoms with E-state index in [1.54, 1.807) is 0 Å². The fourth-order valence-electron chi connectivity index (χ4n) is 6.16. The molecule has 122 valence electrons. The molecule has 2 fully saturated rings. The van der Waals surface area contributed by atoms with Crippen LogP contribution in [0, 0.1) is 28.6 Å². The molecule has 0 amide bonds. The fraction of sp³-hybridized carbons (Fsp3) is 0.455. The van der Waals surface area contributed by atoms with Crippen LogP contribution in [0.5, 0.6) is 0 Å². The molecule has 2 nitrogen and oxygen atoms in total. The maximum absolute atomic E-state index is 4.81. The number of fused-ring (bicyclic) bond motifs is 3. The van der Waals surface area contributed by atoms with Gasteiger partial charge in [0.25, 0.3) is 0 Å². The Labute approximate surface area is 144 Å². The van der Waals surface area contributed by atoms with Crippen LogP contribution in [0.15, 0.2) is 54.9 Å². The van der Waals surface area contributed by atoms with Crippen molar-refractivity contribution in [2.45, 2.75) is 33.1 Å². The molecule has 0 radical (unpaired) electrons. The Balaban J connectivity index is 1.70. The van der Waals surface area contributed by atoms with E-state index in [0.29, 0.717) is 23.2 Å². The summed E-state index contributed by atoms with van der Waals surface area (Å²) >= 11 is 0. The summed E-state index contributed by atoms with van der Waals surface area (Å²) < 4.78 is 0. The lowest BCUT2D eigenvalue weighted by atomic mass is 9.81. The van der Waals surface area contributed by atoms with Crippen molar-refractivity contribution in [2.75, 3.05) is 0 Å². The lowest BCUT2D eigenvalue weighted by molar-refractivity contribution is 0.381. The molecule has 0 aromatic carbocycles. The molecule has 2 aromatic heterocycles. The topological polar surface area (TPSA) is 25.8 Å². The van der Waals surface area contributed by atoms with Crippen LogP contribution in [0.2, 0.25) is 0 Å². The predicted molar refractivity (Wildman–Crippen MR) is 96.2 cm³/mol. The Morgan fingerprint density at radius 1 is 0.875 bits per heavy atom. The third kappa shape index (κ3) is 1.44. The number of allylic oxidation sites excluding steroid dienone is 2. The zero-order valence-corrected chi connectivity index (χ0v) is 14.8. The molecule has 2 aromatic rings. The maximum atomic E-state index is 4.81. The van der Waals surface area contributed by atoms with E-state index in [9.17, 15) is 0 Å². The first-order valence-electron chi connectivity index (χ1n) is 8.98. The van der Waals surface area contributed by atoms with Crippen molar-refractivity contribution in [3.8, 4) is 0 Å². The monoisotopic (exact) mass is 316 g/mol. The first-order valence-corrected chi connectivity index (χ1v) is 8.98. The quantitative estimate of drug-likeness (QED) is 0.800. The maximum Gasteiger partial charge on any atom is 0.0661 e. The summed E-state index contributed by atoms with van der Waals surface area (Å²) in [5.41, 5.74) is 4.68. The predicted octanol–water partition coefficient (Wildman–Crippen LogP) is 4.74. The second-order valence-corrected chi connectivity index (χ2v) is 8.90. The van der Waals surface area contributed by atoms with Gasteiger partial charge in [0.1, 0.15) is 0 Å². The second kappa shape index (κ2) is 4.17. The minimum atomic E-state index is 0.195. The summed E-state index contributed by atoms with van der Waals surface area (Å²) in [6.07, 6.45) is 6.41. The van der Waals surface area contributed by atoms with Crippen molar-refractivity contribution in [2.24, 2.45) is 28.6 Å². The molecule has 4 atom stereocenters. The second-order valence-electron chi connectivity index (χ2n) is 8.90. The van der Waals surface area contributed by atoms with Crippen LogP contribution < -0.4 is 0 Å². The first kappa shape index (κ1) is 14.4. The molecule has 0 unspecified atom stereocenters. The third-order valence-corrected chi connectivity index (χ3v) is 7.30. The molecule has 2 heterocycles. The van der Waals surface area contributed by atoms with Gasteiger partial charge in [-0.15, -0.1) is 0 Å². The van der Waals surface area contributed by atoms with E-state index in [-0.39, 0.29) is 10.8 Å². The fourth-order valence-corrected chi connectivity index (χ4v) is 6.16. The van der Waals surface area contributed by atoms with Crippen molar-refractivity contribution in [1.82, 2.24) is 9.97 Å². The summed E-state index contributed by atoms with van der Waals surface area (Å²) in [5, 5.41) is 0. The van der Waals surface area contributed by atoms with Crippen molar-refractivity contribution in [3.05, 3.63) is 66.3 Å². The van der Waals surface area contributed by atoms with Crippen LogP contribution in [-0.2, 0) is 5.41 Å². The lowest BCUT2D eigenvalue weighted by Gasteiger charge is -2.24. The van der Waals surface area contributed by atoms with Gasteiger partial charge >= 0.3 is 0 Å². The van der Waals surface area contributed by atoms with E-state index in [0.717, 1.165) is 5.69 Å². The summed E-state index contributed by atoms with van der Waals surface area (Å²) in [4.78, 5) is 9.46. The van der Waals surface area contributed by atoms with E-state index in [1.807, 2.05) is 24.5 Å². The van der Waals surface area contributed by atoms with Crippen LogP contribution in [0.4, 0.5) is 0 Å². The molecule has 0 spiro atoms. The molecule has 2 heteroatoms. The molecular weight excluding hydrogens is 292 g/mol. The van der Waals surface area contributed by atoms with E-state index in [2.05, 4.69) is 63.0 Å². The first-order chi connectivity index (χ1) is 11.4. The van der Waals surface area contributed by atoms with E-state index < -0.39 is 0 Å². The Morgan fingerprint density at radius 3 is 2.21 bits per heavy atom. The SMILES string of the molecule is CC1(C)[C@@H]2C(c3ccccn3)=C[C@@H]3C(C)(C)[C@]3(c3ccccn3)[C@@H]21. The number of aromatic nitrogens is 2. The molecule has 5 rings (SSSR count). The van der Waals surface area contributed by atoms with Gasteiger partial charge in [0, 0.05) is 23.5 Å². The standard InChI is InChI=1S/C22H24N2/c1-20(2)18-14(15-9-5-7-11-23-15)13-16-21(3,4)22(16,19(18)20)17-10-6-8-12-24-17/h5-13,16,18-19H,1-4H3/t16-,18-,19+,22-/m1/s1. The molecule has 24 heavy (non-hydrogen) atoms. The minimum absolute atomic E-state index is 0.195. The smallest absolute Gasteiger partial charge is 0.0661 e. The Kier molecular flexibility index (Phi) is 2.50. The molecular formula is C22H24N2. The van der Waals surface area contributed by atoms with E-state index >= 15 is 0 Å². The Hall–Kier alpha value is -1.96.